The van der Waals surface area contributed by atoms with Crippen molar-refractivity contribution in [1.29, 1.82) is 0 Å². The second kappa shape index (κ2) is 6.51. The highest BCUT2D eigenvalue weighted by atomic mass is 19.2. The van der Waals surface area contributed by atoms with Crippen molar-refractivity contribution >= 4 is 16.9 Å². The van der Waals surface area contributed by atoms with Gasteiger partial charge in [-0.15, -0.1) is 0 Å². The molecular weight excluding hydrogens is 330 g/mol. The molecule has 2 heterocycles. The first kappa shape index (κ1) is 16.9. The molecule has 5 nitrogen and oxygen atoms in total. The third-order valence-electron chi connectivity index (χ3n) is 4.11. The molecule has 0 spiro atoms. The summed E-state index contributed by atoms with van der Waals surface area (Å²) in [7, 11) is 1.74. The van der Waals surface area contributed by atoms with Crippen LogP contribution < -0.4 is 5.43 Å². The van der Waals surface area contributed by atoms with E-state index < -0.39 is 17.6 Å². The minimum atomic E-state index is -1.05. The highest BCUT2D eigenvalue weighted by molar-refractivity contribution is 5.80. The molecule has 0 unspecified atom stereocenters. The zero-order valence-corrected chi connectivity index (χ0v) is 13.5. The molecule has 0 amide bonds. The van der Waals surface area contributed by atoms with E-state index in [2.05, 4.69) is 0 Å². The Hall–Kier alpha value is -2.96. The lowest BCUT2D eigenvalue weighted by molar-refractivity contribution is -0.137. The van der Waals surface area contributed by atoms with Crippen molar-refractivity contribution in [2.75, 3.05) is 0 Å². The van der Waals surface area contributed by atoms with E-state index in [1.165, 1.54) is 22.8 Å². The van der Waals surface area contributed by atoms with Gasteiger partial charge in [0.05, 0.1) is 10.9 Å². The highest BCUT2D eigenvalue weighted by Gasteiger charge is 2.15. The molecular formula is C18H16F2N2O3. The quantitative estimate of drug-likeness (QED) is 0.772. The molecule has 25 heavy (non-hydrogen) atoms. The van der Waals surface area contributed by atoms with Crippen LogP contribution in [0.5, 0.6) is 0 Å². The standard InChI is InChI=1S/C18H16F2N2O3/c1-21-8-13-15(9-21)22(10-17(24)25)12(7-16(13)23)6-5-11-3-2-4-14(19)18(11)20/h2-4,7-9H,5-6,10H2,1H3,(H,24,25). The molecule has 130 valence electrons. The summed E-state index contributed by atoms with van der Waals surface area (Å²) >= 11 is 0. The number of benzene rings is 1. The first-order valence-electron chi connectivity index (χ1n) is 7.70. The summed E-state index contributed by atoms with van der Waals surface area (Å²) in [6.45, 7) is -0.318. The highest BCUT2D eigenvalue weighted by Crippen LogP contribution is 2.18. The Kier molecular flexibility index (Phi) is 4.39. The maximum absolute atomic E-state index is 13.8. The molecule has 3 rings (SSSR count). The van der Waals surface area contributed by atoms with E-state index in [0.29, 0.717) is 16.6 Å². The Labute approximate surface area is 141 Å². The fourth-order valence-electron chi connectivity index (χ4n) is 2.97. The zero-order chi connectivity index (χ0) is 18.1. The third kappa shape index (κ3) is 3.31. The largest absolute Gasteiger partial charge is 0.480 e. The van der Waals surface area contributed by atoms with Gasteiger partial charge in [-0.1, -0.05) is 12.1 Å². The van der Waals surface area contributed by atoms with Crippen LogP contribution in [0.3, 0.4) is 0 Å². The van der Waals surface area contributed by atoms with E-state index in [-0.39, 0.29) is 30.4 Å². The van der Waals surface area contributed by atoms with E-state index in [9.17, 15) is 23.5 Å². The molecule has 3 aromatic rings. The molecule has 2 aromatic heterocycles. The van der Waals surface area contributed by atoms with Gasteiger partial charge in [-0.3, -0.25) is 9.59 Å². The monoisotopic (exact) mass is 346 g/mol. The summed E-state index contributed by atoms with van der Waals surface area (Å²) in [5.41, 5.74) is 0.927. The molecule has 0 atom stereocenters. The number of pyridine rings is 1. The van der Waals surface area contributed by atoms with Gasteiger partial charge in [0, 0.05) is 31.2 Å². The van der Waals surface area contributed by atoms with Gasteiger partial charge in [0.25, 0.3) is 0 Å². The van der Waals surface area contributed by atoms with Crippen molar-refractivity contribution in [2.24, 2.45) is 7.05 Å². The van der Waals surface area contributed by atoms with E-state index >= 15 is 0 Å². The molecule has 0 radical (unpaired) electrons. The summed E-state index contributed by atoms with van der Waals surface area (Å²) in [5.74, 6) is -2.90. The average Bonchev–Trinajstić information content (AvgIpc) is 2.94. The Morgan fingerprint density at radius 1 is 1.20 bits per heavy atom. The van der Waals surface area contributed by atoms with Gasteiger partial charge in [0.1, 0.15) is 6.54 Å². The number of hydrogen-bond acceptors (Lipinski definition) is 2. The van der Waals surface area contributed by atoms with E-state index in [1.54, 1.807) is 24.0 Å². The molecule has 0 bridgehead atoms. The van der Waals surface area contributed by atoms with Crippen LogP contribution in [0.1, 0.15) is 11.3 Å². The fraction of sp³-hybridized carbons (Fsp3) is 0.222. The number of halogens is 2. The maximum atomic E-state index is 13.8. The number of rotatable bonds is 5. The molecule has 0 saturated heterocycles. The Bertz CT molecular complexity index is 1020. The molecule has 0 aliphatic rings. The normalized spacial score (nSPS) is 11.2. The number of hydrogen-bond donors (Lipinski definition) is 1. The first-order chi connectivity index (χ1) is 11.9. The van der Waals surface area contributed by atoms with Crippen LogP contribution in [0, 0.1) is 11.6 Å². The number of carbonyl (C=O) groups is 1. The van der Waals surface area contributed by atoms with Gasteiger partial charge in [0.15, 0.2) is 17.1 Å². The van der Waals surface area contributed by atoms with Gasteiger partial charge in [-0.25, -0.2) is 8.78 Å². The van der Waals surface area contributed by atoms with Crippen LogP contribution in [-0.4, -0.2) is 20.2 Å². The van der Waals surface area contributed by atoms with Crippen molar-refractivity contribution in [1.82, 2.24) is 9.13 Å². The summed E-state index contributed by atoms with van der Waals surface area (Å²) < 4.78 is 30.3. The topological polar surface area (TPSA) is 64.2 Å². The maximum Gasteiger partial charge on any atom is 0.323 e. The molecule has 1 N–H and O–H groups in total. The van der Waals surface area contributed by atoms with Gasteiger partial charge in [-0.05, 0) is 24.5 Å². The van der Waals surface area contributed by atoms with E-state index in [0.717, 1.165) is 6.07 Å². The molecule has 0 fully saturated rings. The lowest BCUT2D eigenvalue weighted by Crippen LogP contribution is -2.18. The van der Waals surface area contributed by atoms with Gasteiger partial charge in [-0.2, -0.15) is 0 Å². The summed E-state index contributed by atoms with van der Waals surface area (Å²) in [6.07, 6.45) is 3.67. The van der Waals surface area contributed by atoms with E-state index in [4.69, 9.17) is 0 Å². The van der Waals surface area contributed by atoms with Gasteiger partial charge in [0.2, 0.25) is 0 Å². The number of fused-ring (bicyclic) bond motifs is 1. The molecule has 0 saturated carbocycles. The number of aliphatic carboxylic acids is 1. The Morgan fingerprint density at radius 3 is 2.68 bits per heavy atom. The van der Waals surface area contributed by atoms with E-state index in [1.807, 2.05) is 0 Å². The summed E-state index contributed by atoms with van der Waals surface area (Å²) in [4.78, 5) is 23.5. The minimum Gasteiger partial charge on any atom is -0.480 e. The van der Waals surface area contributed by atoms with Crippen LogP contribution in [-0.2, 0) is 31.2 Å². The van der Waals surface area contributed by atoms with Crippen LogP contribution in [0.25, 0.3) is 10.9 Å². The molecule has 0 aliphatic carbocycles. The molecule has 7 heteroatoms. The smallest absolute Gasteiger partial charge is 0.323 e. The number of carboxylic acids is 1. The molecule has 1 aromatic carbocycles. The van der Waals surface area contributed by atoms with Crippen LogP contribution in [0.4, 0.5) is 8.78 Å². The van der Waals surface area contributed by atoms with Crippen molar-refractivity contribution in [2.45, 2.75) is 19.4 Å². The van der Waals surface area contributed by atoms with Crippen LogP contribution in [0.15, 0.2) is 41.5 Å². The van der Waals surface area contributed by atoms with Gasteiger partial charge >= 0.3 is 5.97 Å². The third-order valence-corrected chi connectivity index (χ3v) is 4.11. The average molecular weight is 346 g/mol. The van der Waals surface area contributed by atoms with Crippen LogP contribution >= 0.6 is 0 Å². The fourth-order valence-corrected chi connectivity index (χ4v) is 2.97. The second-order valence-corrected chi connectivity index (χ2v) is 5.92. The van der Waals surface area contributed by atoms with Crippen LogP contribution in [0.2, 0.25) is 0 Å². The van der Waals surface area contributed by atoms with Crippen molar-refractivity contribution in [3.63, 3.8) is 0 Å². The second-order valence-electron chi connectivity index (χ2n) is 5.92. The van der Waals surface area contributed by atoms with Crippen molar-refractivity contribution in [3.05, 3.63) is 69.8 Å². The molecule has 0 aliphatic heterocycles. The summed E-state index contributed by atoms with van der Waals surface area (Å²) in [5, 5.41) is 9.60. The predicted molar refractivity (Wildman–Crippen MR) is 88.6 cm³/mol. The number of aryl methyl sites for hydroxylation is 3. The number of nitrogens with zero attached hydrogens (tertiary/aromatic N) is 2. The SMILES string of the molecule is Cn1cc2c(=O)cc(CCc3cccc(F)c3F)n(CC(=O)O)c2c1. The zero-order valence-electron chi connectivity index (χ0n) is 13.5. The van der Waals surface area contributed by atoms with Crippen molar-refractivity contribution in [3.8, 4) is 0 Å². The Balaban J connectivity index is 2.04. The number of carboxylic acid groups (broad SMARTS) is 1. The first-order valence-corrected chi connectivity index (χ1v) is 7.70. The minimum absolute atomic E-state index is 0.154. The lowest BCUT2D eigenvalue weighted by atomic mass is 10.1. The van der Waals surface area contributed by atoms with Gasteiger partial charge < -0.3 is 14.2 Å². The Morgan fingerprint density at radius 2 is 1.96 bits per heavy atom. The summed E-state index contributed by atoms with van der Waals surface area (Å²) in [6, 6.07) is 5.29. The van der Waals surface area contributed by atoms with Crippen molar-refractivity contribution < 1.29 is 18.7 Å². The number of aromatic nitrogens is 2. The lowest BCUT2D eigenvalue weighted by Gasteiger charge is -2.13. The predicted octanol–water partition coefficient (Wildman–Crippen LogP) is 2.49.